The molecule has 0 aliphatic rings. The molecule has 0 saturated heterocycles. The summed E-state index contributed by atoms with van der Waals surface area (Å²) in [5.74, 6) is 0. The maximum absolute atomic E-state index is 6.04. The van der Waals surface area contributed by atoms with E-state index in [4.69, 9.17) is 5.73 Å². The van der Waals surface area contributed by atoms with Gasteiger partial charge in [-0.25, -0.2) is 4.68 Å². The Hall–Kier alpha value is -0.650. The SMILES string of the molecule is CCC(N)Cc1ccc(Br)cc1-n1cc(Br)cn1. The summed E-state index contributed by atoms with van der Waals surface area (Å²) in [6.45, 7) is 2.10. The average Bonchev–Trinajstić information content (AvgIpc) is 2.78. The maximum atomic E-state index is 6.04. The van der Waals surface area contributed by atoms with E-state index in [1.54, 1.807) is 6.20 Å². The topological polar surface area (TPSA) is 43.8 Å². The van der Waals surface area contributed by atoms with Gasteiger partial charge in [0.15, 0.2) is 0 Å². The fraction of sp³-hybridized carbons (Fsp3) is 0.308. The highest BCUT2D eigenvalue weighted by Crippen LogP contribution is 2.22. The minimum absolute atomic E-state index is 0.184. The molecule has 1 unspecified atom stereocenters. The van der Waals surface area contributed by atoms with Crippen LogP contribution in [0, 0.1) is 0 Å². The van der Waals surface area contributed by atoms with Crippen molar-refractivity contribution < 1.29 is 0 Å². The summed E-state index contributed by atoms with van der Waals surface area (Å²) >= 11 is 6.92. The first-order valence-electron chi connectivity index (χ1n) is 5.84. The molecule has 3 nitrogen and oxygen atoms in total. The van der Waals surface area contributed by atoms with Crippen LogP contribution in [0.1, 0.15) is 18.9 Å². The van der Waals surface area contributed by atoms with Gasteiger partial charge in [0.2, 0.25) is 0 Å². The first-order valence-corrected chi connectivity index (χ1v) is 7.43. The van der Waals surface area contributed by atoms with Crippen molar-refractivity contribution in [1.82, 2.24) is 9.78 Å². The third-order valence-corrected chi connectivity index (χ3v) is 3.75. The summed E-state index contributed by atoms with van der Waals surface area (Å²) in [7, 11) is 0. The molecule has 1 aromatic carbocycles. The van der Waals surface area contributed by atoms with Gasteiger partial charge < -0.3 is 5.73 Å². The molecule has 5 heteroatoms. The number of aromatic nitrogens is 2. The number of nitrogens with zero attached hydrogens (tertiary/aromatic N) is 2. The first-order chi connectivity index (χ1) is 8.60. The van der Waals surface area contributed by atoms with Gasteiger partial charge >= 0.3 is 0 Å². The molecule has 2 N–H and O–H groups in total. The molecule has 0 bridgehead atoms. The van der Waals surface area contributed by atoms with E-state index < -0.39 is 0 Å². The second kappa shape index (κ2) is 5.99. The van der Waals surface area contributed by atoms with Gasteiger partial charge in [0.1, 0.15) is 0 Å². The van der Waals surface area contributed by atoms with Crippen LogP contribution in [0.4, 0.5) is 0 Å². The lowest BCUT2D eigenvalue weighted by molar-refractivity contribution is 0.642. The van der Waals surface area contributed by atoms with Gasteiger partial charge in [0.25, 0.3) is 0 Å². The quantitative estimate of drug-likeness (QED) is 0.889. The molecule has 1 heterocycles. The van der Waals surface area contributed by atoms with Crippen molar-refractivity contribution in [1.29, 1.82) is 0 Å². The number of hydrogen-bond donors (Lipinski definition) is 1. The molecule has 0 spiro atoms. The van der Waals surface area contributed by atoms with E-state index in [-0.39, 0.29) is 6.04 Å². The van der Waals surface area contributed by atoms with E-state index in [9.17, 15) is 0 Å². The van der Waals surface area contributed by atoms with Crippen LogP contribution in [0.3, 0.4) is 0 Å². The third kappa shape index (κ3) is 3.22. The molecule has 0 aliphatic heterocycles. The molecule has 2 aromatic rings. The normalized spacial score (nSPS) is 12.7. The van der Waals surface area contributed by atoms with E-state index in [1.807, 2.05) is 16.9 Å². The lowest BCUT2D eigenvalue weighted by Crippen LogP contribution is -2.22. The molecular formula is C13H15Br2N3. The molecule has 0 radical (unpaired) electrons. The van der Waals surface area contributed by atoms with E-state index in [1.165, 1.54) is 5.56 Å². The predicted octanol–water partition coefficient (Wildman–Crippen LogP) is 3.68. The number of halogens is 2. The zero-order valence-corrected chi connectivity index (χ0v) is 13.3. The van der Waals surface area contributed by atoms with Crippen molar-refractivity contribution in [3.8, 4) is 5.69 Å². The summed E-state index contributed by atoms with van der Waals surface area (Å²) in [5, 5.41) is 4.33. The van der Waals surface area contributed by atoms with Crippen molar-refractivity contribution in [2.24, 2.45) is 5.73 Å². The largest absolute Gasteiger partial charge is 0.327 e. The van der Waals surface area contributed by atoms with Gasteiger partial charge in [0.05, 0.1) is 16.4 Å². The molecule has 0 fully saturated rings. The van der Waals surface area contributed by atoms with Gasteiger partial charge in [-0.15, -0.1) is 0 Å². The number of nitrogens with two attached hydrogens (primary N) is 1. The van der Waals surface area contributed by atoms with Gasteiger partial charge in [0, 0.05) is 16.7 Å². The highest BCUT2D eigenvalue weighted by molar-refractivity contribution is 9.10. The Morgan fingerprint density at radius 3 is 2.72 bits per heavy atom. The molecule has 96 valence electrons. The average molecular weight is 373 g/mol. The molecule has 2 rings (SSSR count). The number of hydrogen-bond acceptors (Lipinski definition) is 2. The lowest BCUT2D eigenvalue weighted by atomic mass is 10.0. The fourth-order valence-corrected chi connectivity index (χ4v) is 2.42. The Balaban J connectivity index is 2.40. The highest BCUT2D eigenvalue weighted by atomic mass is 79.9. The zero-order chi connectivity index (χ0) is 13.1. The Morgan fingerprint density at radius 1 is 1.33 bits per heavy atom. The number of benzene rings is 1. The fourth-order valence-electron chi connectivity index (χ4n) is 1.78. The Kier molecular flexibility index (Phi) is 4.59. The van der Waals surface area contributed by atoms with Crippen LogP contribution in [0.5, 0.6) is 0 Å². The summed E-state index contributed by atoms with van der Waals surface area (Å²) in [6, 6.07) is 6.39. The maximum Gasteiger partial charge on any atom is 0.0689 e. The van der Waals surface area contributed by atoms with Gasteiger partial charge in [-0.05, 0) is 46.5 Å². The van der Waals surface area contributed by atoms with Crippen molar-refractivity contribution in [2.75, 3.05) is 0 Å². The van der Waals surface area contributed by atoms with Crippen LogP contribution in [0.25, 0.3) is 5.69 Å². The van der Waals surface area contributed by atoms with E-state index in [2.05, 4.69) is 56.0 Å². The molecule has 18 heavy (non-hydrogen) atoms. The first kappa shape index (κ1) is 13.8. The molecule has 0 aliphatic carbocycles. The predicted molar refractivity (Wildman–Crippen MR) is 80.9 cm³/mol. The van der Waals surface area contributed by atoms with Gasteiger partial charge in [-0.2, -0.15) is 5.10 Å². The Bertz CT molecular complexity index is 537. The summed E-state index contributed by atoms with van der Waals surface area (Å²) in [5.41, 5.74) is 8.32. The molecule has 1 aromatic heterocycles. The summed E-state index contributed by atoms with van der Waals surface area (Å²) < 4.78 is 3.87. The van der Waals surface area contributed by atoms with Crippen molar-refractivity contribution in [3.05, 3.63) is 45.1 Å². The Labute approximate surface area is 124 Å². The van der Waals surface area contributed by atoms with Crippen molar-refractivity contribution in [3.63, 3.8) is 0 Å². The van der Waals surface area contributed by atoms with E-state index in [0.29, 0.717) is 0 Å². The second-order valence-electron chi connectivity index (χ2n) is 4.25. The standard InChI is InChI=1S/C13H15Br2N3/c1-2-12(16)5-9-3-4-10(14)6-13(9)18-8-11(15)7-17-18/h3-4,6-8,12H,2,5,16H2,1H3. The minimum atomic E-state index is 0.184. The van der Waals surface area contributed by atoms with Gasteiger partial charge in [-0.1, -0.05) is 28.9 Å². The van der Waals surface area contributed by atoms with E-state index in [0.717, 1.165) is 27.5 Å². The van der Waals surface area contributed by atoms with Crippen LogP contribution >= 0.6 is 31.9 Å². The van der Waals surface area contributed by atoms with Crippen LogP contribution in [0.15, 0.2) is 39.5 Å². The molecular weight excluding hydrogens is 358 g/mol. The van der Waals surface area contributed by atoms with Crippen LogP contribution < -0.4 is 5.73 Å². The molecule has 0 saturated carbocycles. The smallest absolute Gasteiger partial charge is 0.0689 e. The lowest BCUT2D eigenvalue weighted by Gasteiger charge is -2.13. The van der Waals surface area contributed by atoms with Gasteiger partial charge in [-0.3, -0.25) is 0 Å². The zero-order valence-electron chi connectivity index (χ0n) is 10.1. The number of rotatable bonds is 4. The van der Waals surface area contributed by atoms with Crippen molar-refractivity contribution >= 4 is 31.9 Å². The highest BCUT2D eigenvalue weighted by Gasteiger charge is 2.10. The second-order valence-corrected chi connectivity index (χ2v) is 6.08. The Morgan fingerprint density at radius 2 is 2.11 bits per heavy atom. The summed E-state index contributed by atoms with van der Waals surface area (Å²) in [6.07, 6.45) is 5.56. The minimum Gasteiger partial charge on any atom is -0.327 e. The van der Waals surface area contributed by atoms with Crippen LogP contribution in [0.2, 0.25) is 0 Å². The third-order valence-electron chi connectivity index (χ3n) is 2.85. The molecule has 1 atom stereocenters. The van der Waals surface area contributed by atoms with E-state index >= 15 is 0 Å². The summed E-state index contributed by atoms with van der Waals surface area (Å²) in [4.78, 5) is 0. The monoisotopic (exact) mass is 371 g/mol. The molecule has 0 amide bonds. The van der Waals surface area contributed by atoms with Crippen LogP contribution in [-0.2, 0) is 6.42 Å². The van der Waals surface area contributed by atoms with Crippen molar-refractivity contribution in [2.45, 2.75) is 25.8 Å². The van der Waals surface area contributed by atoms with Crippen LogP contribution in [-0.4, -0.2) is 15.8 Å².